The molecule has 0 saturated carbocycles. The van der Waals surface area contributed by atoms with E-state index in [0.717, 1.165) is 37.1 Å². The third-order valence-corrected chi connectivity index (χ3v) is 5.98. The van der Waals surface area contributed by atoms with Crippen LogP contribution in [0.4, 0.5) is 8.78 Å². The normalized spacial score (nSPS) is 11.9. The predicted molar refractivity (Wildman–Crippen MR) is 83.8 cm³/mol. The maximum Gasteiger partial charge on any atom is 0.187 e. The molecule has 120 valence electrons. The van der Waals surface area contributed by atoms with E-state index in [1.165, 1.54) is 0 Å². The Balaban J connectivity index is 2.04. The van der Waals surface area contributed by atoms with Crippen LogP contribution in [0.2, 0.25) is 19.1 Å². The molecule has 22 heavy (non-hydrogen) atoms. The predicted octanol–water partition coefficient (Wildman–Crippen LogP) is 5.14. The zero-order valence-corrected chi connectivity index (χ0v) is 14.2. The van der Waals surface area contributed by atoms with Crippen LogP contribution >= 0.6 is 0 Å². The van der Waals surface area contributed by atoms with Crippen molar-refractivity contribution in [3.8, 4) is 11.3 Å². The molecule has 1 aromatic carbocycles. The third-order valence-electron chi connectivity index (χ3n) is 3.50. The van der Waals surface area contributed by atoms with Gasteiger partial charge < -0.3 is 8.95 Å². The molecule has 2 rings (SSSR count). The Hall–Kier alpha value is -1.53. The fourth-order valence-corrected chi connectivity index (χ4v) is 4.03. The Kier molecular flexibility index (Phi) is 5.47. The summed E-state index contributed by atoms with van der Waals surface area (Å²) < 4.78 is 38.1. The van der Waals surface area contributed by atoms with Gasteiger partial charge in [0, 0.05) is 11.6 Å². The number of aromatic nitrogens is 1. The molecule has 0 bridgehead atoms. The lowest BCUT2D eigenvalue weighted by Crippen LogP contribution is -2.29. The summed E-state index contributed by atoms with van der Waals surface area (Å²) in [7, 11) is -1.72. The second-order valence-corrected chi connectivity index (χ2v) is 10.3. The van der Waals surface area contributed by atoms with E-state index in [4.69, 9.17) is 8.95 Å². The summed E-state index contributed by atoms with van der Waals surface area (Å²) in [5.74, 6) is -0.513. The van der Waals surface area contributed by atoms with Crippen LogP contribution in [0.5, 0.6) is 0 Å². The number of rotatable bonds is 7. The van der Waals surface area contributed by atoms with Gasteiger partial charge in [-0.3, -0.25) is 0 Å². The first kappa shape index (κ1) is 16.8. The van der Waals surface area contributed by atoms with Crippen molar-refractivity contribution in [3.63, 3.8) is 0 Å². The smallest absolute Gasteiger partial charge is 0.187 e. The summed E-state index contributed by atoms with van der Waals surface area (Å²) in [6, 6.07) is 5.95. The molecule has 6 heteroatoms. The Morgan fingerprint density at radius 2 is 2.00 bits per heavy atom. The highest BCUT2D eigenvalue weighted by molar-refractivity contribution is 6.71. The molecule has 1 aromatic heterocycles. The number of hydrogen-bond donors (Lipinski definition) is 0. The van der Waals surface area contributed by atoms with E-state index in [2.05, 4.69) is 25.2 Å². The molecular formula is C16H21F2NO2Si. The Morgan fingerprint density at radius 1 is 1.23 bits per heavy atom. The molecule has 0 aliphatic heterocycles. The van der Waals surface area contributed by atoms with Crippen LogP contribution in [0.3, 0.4) is 0 Å². The zero-order valence-electron chi connectivity index (χ0n) is 13.2. The average Bonchev–Trinajstić information content (AvgIpc) is 2.94. The van der Waals surface area contributed by atoms with Gasteiger partial charge in [0.2, 0.25) is 0 Å². The third kappa shape index (κ3) is 4.48. The molecule has 0 atom stereocenters. The zero-order chi connectivity index (χ0) is 16.2. The fourth-order valence-electron chi connectivity index (χ4n) is 2.14. The summed E-state index contributed by atoms with van der Waals surface area (Å²) in [5.41, 5.74) is 0.376. The lowest BCUT2D eigenvalue weighted by atomic mass is 10.1. The molecule has 1 heterocycles. The van der Waals surface area contributed by atoms with Crippen LogP contribution in [0.25, 0.3) is 11.3 Å². The highest BCUT2D eigenvalue weighted by atomic mass is 28.4. The molecule has 0 unspecified atom stereocenters. The number of halogens is 2. The van der Waals surface area contributed by atoms with Crippen molar-refractivity contribution in [1.29, 1.82) is 0 Å². The second kappa shape index (κ2) is 7.15. The van der Waals surface area contributed by atoms with Crippen LogP contribution in [0.15, 0.2) is 28.8 Å². The van der Waals surface area contributed by atoms with Gasteiger partial charge in [-0.1, -0.05) is 24.9 Å². The van der Waals surface area contributed by atoms with E-state index in [1.54, 1.807) is 6.07 Å². The van der Waals surface area contributed by atoms with Gasteiger partial charge in [-0.05, 0) is 37.3 Å². The summed E-state index contributed by atoms with van der Waals surface area (Å²) >= 11 is 0. The molecule has 0 amide bonds. The summed E-state index contributed by atoms with van der Waals surface area (Å²) in [5, 5.41) is 3.80. The molecule has 0 saturated heterocycles. The van der Waals surface area contributed by atoms with Gasteiger partial charge in [0.05, 0.1) is 6.61 Å². The highest BCUT2D eigenvalue weighted by Gasteiger charge is 2.22. The first-order chi connectivity index (χ1) is 10.4. The van der Waals surface area contributed by atoms with Crippen molar-refractivity contribution in [1.82, 2.24) is 5.16 Å². The SMILES string of the molecule is CCCC[Si](C)(C)OCc1cc(-c2cc(F)ccc2F)no1. The van der Waals surface area contributed by atoms with Crippen LogP contribution in [0.1, 0.15) is 25.5 Å². The van der Waals surface area contributed by atoms with Gasteiger partial charge in [0.1, 0.15) is 17.3 Å². The van der Waals surface area contributed by atoms with Crippen LogP contribution in [-0.2, 0) is 11.0 Å². The van der Waals surface area contributed by atoms with Gasteiger partial charge in [-0.25, -0.2) is 8.78 Å². The largest absolute Gasteiger partial charge is 0.410 e. The van der Waals surface area contributed by atoms with Gasteiger partial charge in [-0.15, -0.1) is 0 Å². The van der Waals surface area contributed by atoms with Crippen LogP contribution in [0, 0.1) is 11.6 Å². The first-order valence-corrected chi connectivity index (χ1v) is 10.6. The van der Waals surface area contributed by atoms with Crippen molar-refractivity contribution >= 4 is 8.32 Å². The topological polar surface area (TPSA) is 35.3 Å². The molecule has 0 spiro atoms. The van der Waals surface area contributed by atoms with E-state index in [-0.39, 0.29) is 11.3 Å². The minimum Gasteiger partial charge on any atom is -0.410 e. The summed E-state index contributed by atoms with van der Waals surface area (Å²) in [6.07, 6.45) is 2.29. The van der Waals surface area contributed by atoms with Gasteiger partial charge >= 0.3 is 0 Å². The standard InChI is InChI=1S/C16H21F2NO2Si/c1-4-5-8-22(2,3)20-11-13-10-16(19-21-13)14-9-12(17)6-7-15(14)18/h6-7,9-10H,4-5,8,11H2,1-3H3. The van der Waals surface area contributed by atoms with Crippen molar-refractivity contribution in [2.45, 2.75) is 45.5 Å². The molecule has 0 aliphatic carbocycles. The number of hydrogen-bond acceptors (Lipinski definition) is 3. The van der Waals surface area contributed by atoms with E-state index in [9.17, 15) is 8.78 Å². The van der Waals surface area contributed by atoms with Crippen LogP contribution < -0.4 is 0 Å². The Bertz CT molecular complexity index is 628. The maximum absolute atomic E-state index is 13.7. The summed E-state index contributed by atoms with van der Waals surface area (Å²) in [6.45, 7) is 6.78. The summed E-state index contributed by atoms with van der Waals surface area (Å²) in [4.78, 5) is 0. The molecule has 0 fully saturated rings. The number of benzene rings is 1. The molecule has 2 aromatic rings. The molecule has 0 aliphatic rings. The van der Waals surface area contributed by atoms with Gasteiger partial charge in [-0.2, -0.15) is 0 Å². The molecule has 0 radical (unpaired) electrons. The van der Waals surface area contributed by atoms with Crippen LogP contribution in [-0.4, -0.2) is 13.5 Å². The van der Waals surface area contributed by atoms with E-state index < -0.39 is 20.0 Å². The van der Waals surface area contributed by atoms with Crippen molar-refractivity contribution in [2.75, 3.05) is 0 Å². The fraction of sp³-hybridized carbons (Fsp3) is 0.438. The lowest BCUT2D eigenvalue weighted by molar-refractivity contribution is 0.240. The Labute approximate surface area is 130 Å². The quantitative estimate of drug-likeness (QED) is 0.661. The van der Waals surface area contributed by atoms with E-state index in [1.807, 2.05) is 0 Å². The minimum absolute atomic E-state index is 0.0949. The highest BCUT2D eigenvalue weighted by Crippen LogP contribution is 2.24. The monoisotopic (exact) mass is 325 g/mol. The maximum atomic E-state index is 13.7. The van der Waals surface area contributed by atoms with Gasteiger partial charge in [0.15, 0.2) is 14.1 Å². The van der Waals surface area contributed by atoms with E-state index in [0.29, 0.717) is 12.4 Å². The van der Waals surface area contributed by atoms with Crippen molar-refractivity contribution < 1.29 is 17.7 Å². The van der Waals surface area contributed by atoms with Crippen molar-refractivity contribution in [3.05, 3.63) is 41.7 Å². The lowest BCUT2D eigenvalue weighted by Gasteiger charge is -2.21. The second-order valence-electron chi connectivity index (χ2n) is 5.95. The van der Waals surface area contributed by atoms with Crippen molar-refractivity contribution in [2.24, 2.45) is 0 Å². The Morgan fingerprint density at radius 3 is 2.73 bits per heavy atom. The minimum atomic E-state index is -1.72. The number of nitrogens with zero attached hydrogens (tertiary/aromatic N) is 1. The number of unbranched alkanes of at least 4 members (excludes halogenated alkanes) is 1. The average molecular weight is 325 g/mol. The first-order valence-electron chi connectivity index (χ1n) is 7.46. The molecule has 3 nitrogen and oxygen atoms in total. The van der Waals surface area contributed by atoms with E-state index >= 15 is 0 Å². The molecular weight excluding hydrogens is 304 g/mol. The molecule has 0 N–H and O–H groups in total. The van der Waals surface area contributed by atoms with Gasteiger partial charge in [0.25, 0.3) is 0 Å².